The minimum absolute atomic E-state index is 0.0165. The molecule has 2 rings (SSSR count). The first-order chi connectivity index (χ1) is 11.5. The third-order valence-corrected chi connectivity index (χ3v) is 5.79. The summed E-state index contributed by atoms with van der Waals surface area (Å²) in [6, 6.07) is 3.16. The van der Waals surface area contributed by atoms with Crippen molar-refractivity contribution < 1.29 is 26.4 Å². The third kappa shape index (κ3) is 4.87. The van der Waals surface area contributed by atoms with Gasteiger partial charge in [-0.25, -0.2) is 8.42 Å². The smallest absolute Gasteiger partial charge is 0.370 e. The number of carbonyl (C=O) groups is 1. The van der Waals surface area contributed by atoms with E-state index in [4.69, 9.17) is 0 Å². The number of sulfone groups is 1. The van der Waals surface area contributed by atoms with Gasteiger partial charge in [-0.3, -0.25) is 4.79 Å². The van der Waals surface area contributed by atoms with E-state index in [-0.39, 0.29) is 5.69 Å². The highest BCUT2D eigenvalue weighted by atomic mass is 32.2. The number of nitrogens with one attached hydrogen (secondary N) is 1. The molecule has 1 N–H and O–H groups in total. The van der Waals surface area contributed by atoms with Gasteiger partial charge < -0.3 is 10.2 Å². The van der Waals surface area contributed by atoms with Crippen LogP contribution >= 0.6 is 0 Å². The lowest BCUT2D eigenvalue weighted by atomic mass is 10.1. The molecule has 0 aromatic heterocycles. The zero-order valence-corrected chi connectivity index (χ0v) is 14.9. The number of benzene rings is 1. The van der Waals surface area contributed by atoms with E-state index in [1.807, 2.05) is 4.90 Å². The predicted octanol–water partition coefficient (Wildman–Crippen LogP) is 3.07. The van der Waals surface area contributed by atoms with Crippen molar-refractivity contribution in [3.63, 3.8) is 0 Å². The monoisotopic (exact) mass is 378 g/mol. The molecule has 0 spiro atoms. The Balaban J connectivity index is 2.38. The van der Waals surface area contributed by atoms with Crippen molar-refractivity contribution in [2.24, 2.45) is 0 Å². The van der Waals surface area contributed by atoms with Crippen LogP contribution in [-0.2, 0) is 20.8 Å². The Morgan fingerprint density at radius 2 is 1.80 bits per heavy atom. The van der Waals surface area contributed by atoms with Gasteiger partial charge in [-0.2, -0.15) is 13.2 Å². The molecule has 1 aliphatic rings. The molecule has 0 aliphatic carbocycles. The molecule has 9 heteroatoms. The minimum atomic E-state index is -4.55. The average Bonchev–Trinajstić information content (AvgIpc) is 2.53. The number of anilines is 2. The highest BCUT2D eigenvalue weighted by molar-refractivity contribution is 7.92. The van der Waals surface area contributed by atoms with Crippen LogP contribution in [0.2, 0.25) is 0 Å². The molecular formula is C16H21F3N2O3S. The largest absolute Gasteiger partial charge is 0.416 e. The molecule has 1 amide bonds. The summed E-state index contributed by atoms with van der Waals surface area (Å²) < 4.78 is 62.1. The van der Waals surface area contributed by atoms with E-state index in [1.54, 1.807) is 0 Å². The number of rotatable bonds is 4. The second-order valence-electron chi connectivity index (χ2n) is 6.24. The van der Waals surface area contributed by atoms with Crippen LogP contribution in [0.5, 0.6) is 0 Å². The molecule has 0 bridgehead atoms. The topological polar surface area (TPSA) is 66.5 Å². The molecule has 1 aromatic rings. The molecule has 1 fully saturated rings. The van der Waals surface area contributed by atoms with E-state index >= 15 is 0 Å². The number of amides is 1. The van der Waals surface area contributed by atoms with Crippen LogP contribution in [-0.4, -0.2) is 38.9 Å². The summed E-state index contributed by atoms with van der Waals surface area (Å²) >= 11 is 0. The minimum Gasteiger partial charge on any atom is -0.370 e. The second-order valence-corrected chi connectivity index (χ2v) is 8.60. The number of nitrogens with zero attached hydrogens (tertiary/aromatic N) is 1. The normalized spacial score (nSPS) is 17.2. The molecule has 140 valence electrons. The van der Waals surface area contributed by atoms with Gasteiger partial charge in [0.15, 0.2) is 9.84 Å². The van der Waals surface area contributed by atoms with E-state index in [1.165, 1.54) is 13.0 Å². The van der Waals surface area contributed by atoms with Crippen molar-refractivity contribution in [1.29, 1.82) is 0 Å². The highest BCUT2D eigenvalue weighted by Crippen LogP contribution is 2.36. The van der Waals surface area contributed by atoms with E-state index in [0.29, 0.717) is 18.8 Å². The summed E-state index contributed by atoms with van der Waals surface area (Å²) in [5, 5.41) is 1.02. The van der Waals surface area contributed by atoms with Crippen molar-refractivity contribution in [1.82, 2.24) is 0 Å². The third-order valence-electron chi connectivity index (χ3n) is 4.29. The maximum atomic E-state index is 13.0. The van der Waals surface area contributed by atoms with Crippen LogP contribution in [0, 0.1) is 0 Å². The van der Waals surface area contributed by atoms with Crippen LogP contribution in [0.25, 0.3) is 0 Å². The summed E-state index contributed by atoms with van der Waals surface area (Å²) in [4.78, 5) is 14.1. The fraction of sp³-hybridized carbons (Fsp3) is 0.562. The number of piperidine rings is 1. The number of carbonyl (C=O) groups excluding carboxylic acids is 1. The maximum Gasteiger partial charge on any atom is 0.416 e. The van der Waals surface area contributed by atoms with Gasteiger partial charge in [-0.15, -0.1) is 0 Å². The van der Waals surface area contributed by atoms with E-state index < -0.39 is 32.7 Å². The summed E-state index contributed by atoms with van der Waals surface area (Å²) in [6.45, 7) is 2.56. The van der Waals surface area contributed by atoms with Crippen LogP contribution in [0.4, 0.5) is 24.5 Å². The molecule has 25 heavy (non-hydrogen) atoms. The van der Waals surface area contributed by atoms with Gasteiger partial charge in [0, 0.05) is 19.3 Å². The molecule has 1 heterocycles. The Bertz CT molecular complexity index is 741. The standard InChI is InChI=1S/C16H21F3N2O3S/c1-11(25(2,23)24)15(22)20-13-10-12(16(17,18)19)6-7-14(13)21-8-4-3-5-9-21/h6-7,10-11H,3-5,8-9H2,1-2H3,(H,20,22)/t11-/m0/s1. The quantitative estimate of drug-likeness (QED) is 0.875. The summed E-state index contributed by atoms with van der Waals surface area (Å²) in [7, 11) is -3.65. The fourth-order valence-corrected chi connectivity index (χ4v) is 3.10. The Morgan fingerprint density at radius 3 is 2.32 bits per heavy atom. The van der Waals surface area contributed by atoms with Crippen molar-refractivity contribution in [2.45, 2.75) is 37.6 Å². The zero-order valence-electron chi connectivity index (χ0n) is 14.1. The van der Waals surface area contributed by atoms with Gasteiger partial charge in [-0.1, -0.05) is 0 Å². The van der Waals surface area contributed by atoms with Gasteiger partial charge in [-0.05, 0) is 44.4 Å². The molecule has 1 aromatic carbocycles. The van der Waals surface area contributed by atoms with Crippen LogP contribution in [0.3, 0.4) is 0 Å². The molecule has 0 unspecified atom stereocenters. The Morgan fingerprint density at radius 1 is 1.20 bits per heavy atom. The summed E-state index contributed by atoms with van der Waals surface area (Å²) in [6.07, 6.45) is -0.774. The first-order valence-electron chi connectivity index (χ1n) is 7.96. The number of hydrogen-bond acceptors (Lipinski definition) is 4. The molecular weight excluding hydrogens is 357 g/mol. The number of halogens is 3. The first-order valence-corrected chi connectivity index (χ1v) is 9.91. The highest BCUT2D eigenvalue weighted by Gasteiger charge is 2.32. The average molecular weight is 378 g/mol. The molecule has 5 nitrogen and oxygen atoms in total. The van der Waals surface area contributed by atoms with Crippen molar-refractivity contribution in [3.8, 4) is 0 Å². The molecule has 1 atom stereocenters. The molecule has 1 aliphatic heterocycles. The van der Waals surface area contributed by atoms with E-state index in [2.05, 4.69) is 5.32 Å². The van der Waals surface area contributed by atoms with Crippen LogP contribution in [0.1, 0.15) is 31.7 Å². The Kier molecular flexibility index (Phi) is 5.65. The zero-order chi connectivity index (χ0) is 18.8. The summed E-state index contributed by atoms with van der Waals surface area (Å²) in [5.41, 5.74) is -0.436. The van der Waals surface area contributed by atoms with Gasteiger partial charge in [0.1, 0.15) is 5.25 Å². The number of hydrogen-bond donors (Lipinski definition) is 1. The predicted molar refractivity (Wildman–Crippen MR) is 90.4 cm³/mol. The van der Waals surface area contributed by atoms with Gasteiger partial charge >= 0.3 is 6.18 Å². The Labute approximate surface area is 145 Å². The fourth-order valence-electron chi connectivity index (χ4n) is 2.65. The van der Waals surface area contributed by atoms with Crippen molar-refractivity contribution >= 4 is 27.1 Å². The van der Waals surface area contributed by atoms with Gasteiger partial charge in [0.2, 0.25) is 5.91 Å². The maximum absolute atomic E-state index is 13.0. The molecule has 1 saturated heterocycles. The van der Waals surface area contributed by atoms with Crippen LogP contribution < -0.4 is 10.2 Å². The lowest BCUT2D eigenvalue weighted by molar-refractivity contribution is -0.137. The van der Waals surface area contributed by atoms with E-state index in [9.17, 15) is 26.4 Å². The van der Waals surface area contributed by atoms with Crippen LogP contribution in [0.15, 0.2) is 18.2 Å². The summed E-state index contributed by atoms with van der Waals surface area (Å²) in [5.74, 6) is -0.847. The number of alkyl halides is 3. The second kappa shape index (κ2) is 7.23. The van der Waals surface area contributed by atoms with Gasteiger partial charge in [0.05, 0.1) is 16.9 Å². The first kappa shape index (κ1) is 19.6. The van der Waals surface area contributed by atoms with Crippen molar-refractivity contribution in [2.75, 3.05) is 29.6 Å². The lowest BCUT2D eigenvalue weighted by Crippen LogP contribution is -2.34. The van der Waals surface area contributed by atoms with Gasteiger partial charge in [0.25, 0.3) is 0 Å². The molecule has 0 saturated carbocycles. The lowest BCUT2D eigenvalue weighted by Gasteiger charge is -2.31. The van der Waals surface area contributed by atoms with E-state index in [0.717, 1.165) is 37.7 Å². The van der Waals surface area contributed by atoms with Crippen molar-refractivity contribution in [3.05, 3.63) is 23.8 Å². The molecule has 0 radical (unpaired) electrons. The SMILES string of the molecule is C[C@@H](C(=O)Nc1cc(C(F)(F)F)ccc1N1CCCCC1)S(C)(=O)=O. The Hall–Kier alpha value is -1.77.